The summed E-state index contributed by atoms with van der Waals surface area (Å²) in [7, 11) is 1.86. The van der Waals surface area contributed by atoms with Gasteiger partial charge in [0.2, 0.25) is 5.91 Å². The van der Waals surface area contributed by atoms with Gasteiger partial charge in [-0.3, -0.25) is 4.79 Å². The first-order chi connectivity index (χ1) is 8.13. The molecular weight excluding hydrogens is 212 g/mol. The molecule has 0 fully saturated rings. The summed E-state index contributed by atoms with van der Waals surface area (Å²) in [5.41, 5.74) is 0. The predicted molar refractivity (Wildman–Crippen MR) is 71.8 cm³/mol. The fraction of sp³-hybridized carbons (Fsp3) is 0.786. The lowest BCUT2D eigenvalue weighted by Gasteiger charge is -2.22. The summed E-state index contributed by atoms with van der Waals surface area (Å²) >= 11 is 0. The quantitative estimate of drug-likeness (QED) is 0.697. The van der Waals surface area contributed by atoms with Crippen molar-refractivity contribution in [1.82, 2.24) is 10.6 Å². The van der Waals surface area contributed by atoms with Crippen LogP contribution in [0.5, 0.6) is 0 Å². The van der Waals surface area contributed by atoms with Crippen molar-refractivity contribution in [3.63, 3.8) is 0 Å². The molecule has 1 rings (SSSR count). The number of nitrogens with one attached hydrogen (secondary N) is 2. The fourth-order valence-electron chi connectivity index (χ4n) is 2.12. The number of amides is 1. The maximum atomic E-state index is 12.0. The minimum Gasteiger partial charge on any atom is -0.349 e. The second-order valence-electron chi connectivity index (χ2n) is 5.29. The normalized spacial score (nSPS) is 21.5. The Balaban J connectivity index is 2.37. The van der Waals surface area contributed by atoms with E-state index in [1.54, 1.807) is 0 Å². The van der Waals surface area contributed by atoms with Gasteiger partial charge in [-0.15, -0.1) is 0 Å². The topological polar surface area (TPSA) is 41.1 Å². The van der Waals surface area contributed by atoms with E-state index < -0.39 is 0 Å². The van der Waals surface area contributed by atoms with Gasteiger partial charge in [0.15, 0.2) is 0 Å². The van der Waals surface area contributed by atoms with E-state index in [1.807, 2.05) is 7.05 Å². The van der Waals surface area contributed by atoms with Gasteiger partial charge in [-0.25, -0.2) is 0 Å². The van der Waals surface area contributed by atoms with Crippen LogP contribution in [0.4, 0.5) is 0 Å². The zero-order valence-corrected chi connectivity index (χ0v) is 11.3. The lowest BCUT2D eigenvalue weighted by molar-refractivity contribution is -0.123. The molecule has 98 valence electrons. The van der Waals surface area contributed by atoms with Crippen molar-refractivity contribution in [2.24, 2.45) is 5.92 Å². The molecule has 3 heteroatoms. The predicted octanol–water partition coefficient (Wildman–Crippen LogP) is 2.24. The molecule has 0 aromatic heterocycles. The first kappa shape index (κ1) is 14.2. The van der Waals surface area contributed by atoms with Crippen LogP contribution in [0.25, 0.3) is 0 Å². The molecule has 0 saturated carbocycles. The number of likely N-dealkylation sites (N-methyl/N-ethyl adjacent to an activating group) is 1. The summed E-state index contributed by atoms with van der Waals surface area (Å²) in [5.74, 6) is 0.790. The maximum absolute atomic E-state index is 12.0. The van der Waals surface area contributed by atoms with Gasteiger partial charge in [0.05, 0.1) is 6.04 Å². The number of hydrogen-bond acceptors (Lipinski definition) is 2. The molecule has 2 unspecified atom stereocenters. The summed E-state index contributed by atoms with van der Waals surface area (Å²) < 4.78 is 0. The minimum absolute atomic E-state index is 0.0484. The highest BCUT2D eigenvalue weighted by Crippen LogP contribution is 2.11. The molecule has 2 atom stereocenters. The highest BCUT2D eigenvalue weighted by Gasteiger charge is 2.19. The standard InChI is InChI=1S/C14H26N2O/c1-11(2)9-10-13(15-3)14(17)16-12-7-5-4-6-8-12/h5,7,11-13,15H,4,6,8-10H2,1-3H3,(H,16,17). The van der Waals surface area contributed by atoms with Gasteiger partial charge in [0.25, 0.3) is 0 Å². The largest absolute Gasteiger partial charge is 0.349 e. The number of allylic oxidation sites excluding steroid dienone is 1. The van der Waals surface area contributed by atoms with E-state index >= 15 is 0 Å². The van der Waals surface area contributed by atoms with Crippen LogP contribution in [0, 0.1) is 5.92 Å². The van der Waals surface area contributed by atoms with Crippen LogP contribution in [0.3, 0.4) is 0 Å². The van der Waals surface area contributed by atoms with Gasteiger partial charge in [-0.1, -0.05) is 26.0 Å². The van der Waals surface area contributed by atoms with Crippen molar-refractivity contribution in [2.45, 2.75) is 58.0 Å². The Hall–Kier alpha value is -0.830. The van der Waals surface area contributed by atoms with E-state index in [1.165, 1.54) is 6.42 Å². The lowest BCUT2D eigenvalue weighted by atomic mass is 10.0. The van der Waals surface area contributed by atoms with Crippen LogP contribution in [0.15, 0.2) is 12.2 Å². The van der Waals surface area contributed by atoms with Gasteiger partial charge in [0, 0.05) is 6.04 Å². The molecular formula is C14H26N2O. The van der Waals surface area contributed by atoms with Crippen LogP contribution in [0.2, 0.25) is 0 Å². The maximum Gasteiger partial charge on any atom is 0.237 e. The Morgan fingerprint density at radius 3 is 2.71 bits per heavy atom. The third-order valence-corrected chi connectivity index (χ3v) is 3.28. The van der Waals surface area contributed by atoms with E-state index in [0.29, 0.717) is 5.92 Å². The number of rotatable bonds is 6. The lowest BCUT2D eigenvalue weighted by Crippen LogP contribution is -2.46. The van der Waals surface area contributed by atoms with Crippen molar-refractivity contribution in [2.75, 3.05) is 7.05 Å². The second kappa shape index (κ2) is 7.49. The Morgan fingerprint density at radius 2 is 2.18 bits per heavy atom. The Bertz CT molecular complexity index is 261. The number of hydrogen-bond donors (Lipinski definition) is 2. The van der Waals surface area contributed by atoms with E-state index in [9.17, 15) is 4.79 Å². The second-order valence-corrected chi connectivity index (χ2v) is 5.29. The van der Waals surface area contributed by atoms with Crippen LogP contribution < -0.4 is 10.6 Å². The molecule has 2 N–H and O–H groups in total. The summed E-state index contributed by atoms with van der Waals surface area (Å²) in [4.78, 5) is 12.0. The smallest absolute Gasteiger partial charge is 0.237 e. The first-order valence-corrected chi connectivity index (χ1v) is 6.77. The molecule has 0 spiro atoms. The molecule has 0 bridgehead atoms. The molecule has 0 heterocycles. The molecule has 17 heavy (non-hydrogen) atoms. The summed E-state index contributed by atoms with van der Waals surface area (Å²) in [6.45, 7) is 4.38. The molecule has 1 aliphatic carbocycles. The zero-order chi connectivity index (χ0) is 12.7. The molecule has 0 aromatic carbocycles. The van der Waals surface area contributed by atoms with Crippen molar-refractivity contribution >= 4 is 5.91 Å². The highest BCUT2D eigenvalue weighted by atomic mass is 16.2. The number of carbonyl (C=O) groups is 1. The van der Waals surface area contributed by atoms with Crippen molar-refractivity contribution < 1.29 is 4.79 Å². The van der Waals surface area contributed by atoms with E-state index in [0.717, 1.165) is 25.7 Å². The van der Waals surface area contributed by atoms with Gasteiger partial charge in [-0.05, 0) is 45.1 Å². The molecule has 1 aliphatic rings. The average Bonchev–Trinajstić information content (AvgIpc) is 2.30. The Morgan fingerprint density at radius 1 is 1.41 bits per heavy atom. The highest BCUT2D eigenvalue weighted by molar-refractivity contribution is 5.82. The monoisotopic (exact) mass is 238 g/mol. The first-order valence-electron chi connectivity index (χ1n) is 6.77. The van der Waals surface area contributed by atoms with Gasteiger partial charge in [-0.2, -0.15) is 0 Å². The van der Waals surface area contributed by atoms with Crippen molar-refractivity contribution in [3.05, 3.63) is 12.2 Å². The van der Waals surface area contributed by atoms with Gasteiger partial charge < -0.3 is 10.6 Å². The SMILES string of the molecule is CNC(CCC(C)C)C(=O)NC1C=CCCC1. The van der Waals surface area contributed by atoms with Crippen LogP contribution in [-0.2, 0) is 4.79 Å². The molecule has 0 radical (unpaired) electrons. The van der Waals surface area contributed by atoms with Gasteiger partial charge in [0.1, 0.15) is 0 Å². The molecule has 0 aromatic rings. The van der Waals surface area contributed by atoms with Crippen molar-refractivity contribution in [1.29, 1.82) is 0 Å². The van der Waals surface area contributed by atoms with Crippen molar-refractivity contribution in [3.8, 4) is 0 Å². The average molecular weight is 238 g/mol. The molecule has 0 saturated heterocycles. The third-order valence-electron chi connectivity index (χ3n) is 3.28. The van der Waals surface area contributed by atoms with Crippen LogP contribution in [0.1, 0.15) is 46.0 Å². The Labute approximate surface area is 105 Å². The summed E-state index contributed by atoms with van der Waals surface area (Å²) in [5, 5.41) is 6.22. The molecule has 0 aliphatic heterocycles. The van der Waals surface area contributed by atoms with Crippen LogP contribution in [-0.4, -0.2) is 25.0 Å². The van der Waals surface area contributed by atoms with Gasteiger partial charge >= 0.3 is 0 Å². The Kier molecular flexibility index (Phi) is 6.27. The summed E-state index contributed by atoms with van der Waals surface area (Å²) in [6, 6.07) is 0.193. The molecule has 1 amide bonds. The fourth-order valence-corrected chi connectivity index (χ4v) is 2.12. The molecule has 3 nitrogen and oxygen atoms in total. The van der Waals surface area contributed by atoms with E-state index in [2.05, 4.69) is 36.6 Å². The number of carbonyl (C=O) groups excluding carboxylic acids is 1. The van der Waals surface area contributed by atoms with E-state index in [4.69, 9.17) is 0 Å². The van der Waals surface area contributed by atoms with E-state index in [-0.39, 0.29) is 18.0 Å². The minimum atomic E-state index is -0.0484. The van der Waals surface area contributed by atoms with Crippen LogP contribution >= 0.6 is 0 Å². The summed E-state index contributed by atoms with van der Waals surface area (Å²) in [6.07, 6.45) is 9.68. The zero-order valence-electron chi connectivity index (χ0n) is 11.3. The third kappa shape index (κ3) is 5.35.